The van der Waals surface area contributed by atoms with E-state index >= 15 is 0 Å². The van der Waals surface area contributed by atoms with Crippen molar-refractivity contribution in [2.45, 2.75) is 31.3 Å². The number of carbonyl (C=O) groups excluding carboxylic acids is 4. The summed E-state index contributed by atoms with van der Waals surface area (Å²) in [5.41, 5.74) is -8.16. The van der Waals surface area contributed by atoms with Crippen LogP contribution in [0.2, 0.25) is 0 Å². The van der Waals surface area contributed by atoms with Crippen molar-refractivity contribution >= 4 is 29.3 Å². The fourth-order valence-electron chi connectivity index (χ4n) is 6.56. The van der Waals surface area contributed by atoms with Crippen LogP contribution in [0, 0.1) is 42.4 Å². The molecule has 4 amide bonds. The Morgan fingerprint density at radius 1 is 0.800 bits per heavy atom. The van der Waals surface area contributed by atoms with Crippen molar-refractivity contribution in [2.75, 3.05) is 11.9 Å². The number of hydrogen-bond acceptors (Lipinski definition) is 5. The van der Waals surface area contributed by atoms with E-state index in [2.05, 4.69) is 0 Å². The first-order chi connectivity index (χ1) is 16.0. The van der Waals surface area contributed by atoms with Gasteiger partial charge in [0.05, 0.1) is 29.4 Å². The molecule has 1 aromatic carbocycles. The molecule has 0 radical (unpaired) electrons. The Morgan fingerprint density at radius 2 is 1.23 bits per heavy atom. The molecule has 0 spiro atoms. The molecule has 2 saturated carbocycles. The molecule has 35 heavy (non-hydrogen) atoms. The Hall–Kier alpha value is -2.96. The minimum Gasteiger partial charge on any atom is -0.369 e. The molecule has 4 fully saturated rings. The number of hydrogen-bond donors (Lipinski definition) is 1. The number of likely N-dealkylation sites (tertiary alicyclic amines) is 1. The van der Waals surface area contributed by atoms with E-state index in [0.717, 1.165) is 17.0 Å². The summed E-state index contributed by atoms with van der Waals surface area (Å²) >= 11 is 0. The van der Waals surface area contributed by atoms with E-state index in [9.17, 15) is 50.6 Å². The summed E-state index contributed by atoms with van der Waals surface area (Å²) in [7, 11) is 1.28. The third-order valence-electron chi connectivity index (χ3n) is 8.01. The SMILES string of the molecule is Cc1ccc(N2C(=O)C3C4CC(C5C(=O)N(C)C(=O)C45)C3C2=O)c(C(O)(C(F)(F)F)C(F)(F)F)c1. The summed E-state index contributed by atoms with van der Waals surface area (Å²) in [5.74, 6) is -8.66. The lowest BCUT2D eigenvalue weighted by Crippen LogP contribution is -2.54. The summed E-state index contributed by atoms with van der Waals surface area (Å²) in [5, 5.41) is 10.0. The number of rotatable bonds is 2. The molecule has 5 rings (SSSR count). The van der Waals surface area contributed by atoms with Gasteiger partial charge in [0.25, 0.3) is 5.60 Å². The van der Waals surface area contributed by atoms with Crippen LogP contribution in [0.1, 0.15) is 17.5 Å². The number of amides is 4. The standard InChI is InChI=1S/C22H18F6N2O5/c1-7-3-4-11(10(5-7)20(35,21(23,24)25)22(26,27)28)30-18(33)14-8-6-9(15(14)19(30)34)13-12(8)16(31)29(2)17(13)32/h3-5,8-9,12-15,35H,6H2,1-2H3. The fraction of sp³-hybridized carbons (Fsp3) is 0.545. The third kappa shape index (κ3) is 2.72. The van der Waals surface area contributed by atoms with E-state index in [-0.39, 0.29) is 16.9 Å². The maximum absolute atomic E-state index is 13.7. The van der Waals surface area contributed by atoms with Crippen molar-refractivity contribution in [3.8, 4) is 0 Å². The van der Waals surface area contributed by atoms with Gasteiger partial charge in [-0.15, -0.1) is 0 Å². The lowest BCUT2D eigenvalue weighted by molar-refractivity contribution is -0.376. The van der Waals surface area contributed by atoms with Crippen LogP contribution in [0.25, 0.3) is 0 Å². The Morgan fingerprint density at radius 3 is 1.66 bits per heavy atom. The van der Waals surface area contributed by atoms with Gasteiger partial charge in [-0.05, 0) is 31.2 Å². The van der Waals surface area contributed by atoms with Crippen LogP contribution in [0.3, 0.4) is 0 Å². The number of aryl methyl sites for hydroxylation is 1. The number of imide groups is 2. The topological polar surface area (TPSA) is 95.0 Å². The van der Waals surface area contributed by atoms with Crippen molar-refractivity contribution in [1.82, 2.24) is 4.90 Å². The molecule has 13 heteroatoms. The number of nitrogens with zero attached hydrogens (tertiary/aromatic N) is 2. The molecule has 6 atom stereocenters. The average Bonchev–Trinajstić information content (AvgIpc) is 3.44. The molecule has 2 aliphatic heterocycles. The highest BCUT2D eigenvalue weighted by molar-refractivity contribution is 6.24. The number of halogens is 6. The van der Waals surface area contributed by atoms with Crippen molar-refractivity contribution in [3.63, 3.8) is 0 Å². The highest BCUT2D eigenvalue weighted by Gasteiger charge is 2.75. The number of aliphatic hydroxyl groups is 1. The lowest BCUT2D eigenvalue weighted by atomic mass is 9.70. The summed E-state index contributed by atoms with van der Waals surface area (Å²) in [6, 6.07) is 2.32. The van der Waals surface area contributed by atoms with Crippen LogP contribution in [0.5, 0.6) is 0 Å². The predicted molar refractivity (Wildman–Crippen MR) is 103 cm³/mol. The summed E-state index contributed by atoms with van der Waals surface area (Å²) in [4.78, 5) is 53.0. The van der Waals surface area contributed by atoms with Crippen LogP contribution >= 0.6 is 0 Å². The van der Waals surface area contributed by atoms with E-state index in [0.29, 0.717) is 6.07 Å². The average molecular weight is 504 g/mol. The number of fused-ring (bicyclic) bond motifs is 8. The first-order valence-electron chi connectivity index (χ1n) is 10.7. The number of anilines is 1. The Balaban J connectivity index is 1.63. The van der Waals surface area contributed by atoms with Crippen molar-refractivity contribution in [3.05, 3.63) is 29.3 Å². The maximum atomic E-state index is 13.7. The predicted octanol–water partition coefficient (Wildman–Crippen LogP) is 2.29. The van der Waals surface area contributed by atoms with Crippen molar-refractivity contribution < 1.29 is 50.6 Å². The molecule has 0 aromatic heterocycles. The minimum atomic E-state index is -6.23. The zero-order valence-electron chi connectivity index (χ0n) is 18.1. The first-order valence-corrected chi connectivity index (χ1v) is 10.7. The van der Waals surface area contributed by atoms with Crippen LogP contribution in [-0.2, 0) is 24.8 Å². The van der Waals surface area contributed by atoms with E-state index in [1.54, 1.807) is 0 Å². The highest BCUT2D eigenvalue weighted by atomic mass is 19.4. The summed E-state index contributed by atoms with van der Waals surface area (Å²) < 4.78 is 82.1. The molecule has 7 nitrogen and oxygen atoms in total. The van der Waals surface area contributed by atoms with Crippen molar-refractivity contribution in [2.24, 2.45) is 35.5 Å². The van der Waals surface area contributed by atoms with Gasteiger partial charge in [0.2, 0.25) is 23.6 Å². The molecule has 2 aliphatic carbocycles. The smallest absolute Gasteiger partial charge is 0.369 e. The molecule has 6 unspecified atom stereocenters. The molecular weight excluding hydrogens is 486 g/mol. The zero-order valence-corrected chi connectivity index (χ0v) is 18.1. The molecule has 1 aromatic rings. The largest absolute Gasteiger partial charge is 0.430 e. The molecular formula is C22H18F6N2O5. The van der Waals surface area contributed by atoms with Crippen LogP contribution in [0.15, 0.2) is 18.2 Å². The Labute approximate surface area is 193 Å². The second-order valence-electron chi connectivity index (χ2n) is 9.64. The maximum Gasteiger partial charge on any atom is 0.430 e. The zero-order chi connectivity index (χ0) is 26.0. The van der Waals surface area contributed by atoms with Crippen molar-refractivity contribution in [1.29, 1.82) is 0 Å². The number of benzene rings is 1. The van der Waals surface area contributed by atoms with Gasteiger partial charge in [0.15, 0.2) is 0 Å². The number of carbonyl (C=O) groups is 4. The molecule has 2 saturated heterocycles. The number of alkyl halides is 6. The molecule has 4 aliphatic rings. The highest BCUT2D eigenvalue weighted by Crippen LogP contribution is 2.64. The summed E-state index contributed by atoms with van der Waals surface area (Å²) in [6.07, 6.45) is -12.2. The van der Waals surface area contributed by atoms with Gasteiger partial charge in [-0.2, -0.15) is 26.3 Å². The third-order valence-corrected chi connectivity index (χ3v) is 8.01. The van der Waals surface area contributed by atoms with Gasteiger partial charge in [-0.25, -0.2) is 4.90 Å². The van der Waals surface area contributed by atoms with E-state index < -0.39 is 88.3 Å². The van der Waals surface area contributed by atoms with Gasteiger partial charge in [0.1, 0.15) is 0 Å². The van der Waals surface area contributed by atoms with Gasteiger partial charge in [-0.1, -0.05) is 17.7 Å². The second kappa shape index (κ2) is 6.83. The minimum absolute atomic E-state index is 0.0798. The molecule has 188 valence electrons. The van der Waals surface area contributed by atoms with E-state index in [4.69, 9.17) is 0 Å². The Bertz CT molecular complexity index is 1130. The second-order valence-corrected chi connectivity index (χ2v) is 9.64. The van der Waals surface area contributed by atoms with Crippen LogP contribution < -0.4 is 4.90 Å². The van der Waals surface area contributed by atoms with E-state index in [1.165, 1.54) is 14.0 Å². The molecule has 1 N–H and O–H groups in total. The summed E-state index contributed by atoms with van der Waals surface area (Å²) in [6.45, 7) is 1.19. The van der Waals surface area contributed by atoms with Gasteiger partial charge >= 0.3 is 12.4 Å². The first kappa shape index (κ1) is 23.8. The van der Waals surface area contributed by atoms with Crippen LogP contribution in [-0.4, -0.2) is 53.0 Å². The molecule has 2 bridgehead atoms. The molecule has 2 heterocycles. The monoisotopic (exact) mass is 504 g/mol. The Kier molecular flexibility index (Phi) is 4.64. The van der Waals surface area contributed by atoms with Gasteiger partial charge < -0.3 is 5.11 Å². The quantitative estimate of drug-likeness (QED) is 0.493. The van der Waals surface area contributed by atoms with Gasteiger partial charge in [0, 0.05) is 12.6 Å². The van der Waals surface area contributed by atoms with Gasteiger partial charge in [-0.3, -0.25) is 24.1 Å². The van der Waals surface area contributed by atoms with Crippen LogP contribution in [0.4, 0.5) is 32.0 Å². The normalized spacial score (nSPS) is 32.7. The lowest BCUT2D eigenvalue weighted by Gasteiger charge is -2.35. The van der Waals surface area contributed by atoms with E-state index in [1.807, 2.05) is 0 Å². The fourth-order valence-corrected chi connectivity index (χ4v) is 6.56.